The van der Waals surface area contributed by atoms with Gasteiger partial charge in [-0.2, -0.15) is 31.4 Å². The van der Waals surface area contributed by atoms with Gasteiger partial charge in [0.05, 0.1) is 11.4 Å². The number of aliphatic carboxylic acids is 2. The summed E-state index contributed by atoms with van der Waals surface area (Å²) in [6, 6.07) is 8.01. The Hall–Kier alpha value is -3.01. The van der Waals surface area contributed by atoms with Crippen molar-refractivity contribution in [1.82, 2.24) is 19.7 Å². The highest BCUT2D eigenvalue weighted by Crippen LogP contribution is 2.46. The van der Waals surface area contributed by atoms with Crippen LogP contribution < -0.4 is 4.74 Å². The normalized spacial score (nSPS) is 18.6. The molecule has 0 amide bonds. The second kappa shape index (κ2) is 12.0. The molecule has 2 N–H and O–H groups in total. The molecular formula is C21H24F6N4O5S. The quantitative estimate of drug-likeness (QED) is 0.544. The van der Waals surface area contributed by atoms with E-state index in [1.165, 1.54) is 5.69 Å². The van der Waals surface area contributed by atoms with Gasteiger partial charge in [0, 0.05) is 55.9 Å². The molecule has 37 heavy (non-hydrogen) atoms. The molecule has 0 bridgehead atoms. The molecule has 2 aromatic heterocycles. The number of pyridine rings is 1. The highest BCUT2D eigenvalue weighted by Gasteiger charge is 2.49. The highest BCUT2D eigenvalue weighted by molar-refractivity contribution is 8.01. The summed E-state index contributed by atoms with van der Waals surface area (Å²) in [6.45, 7) is 5.33. The van der Waals surface area contributed by atoms with Crippen molar-refractivity contribution in [3.05, 3.63) is 41.9 Å². The molecule has 1 atom stereocenters. The van der Waals surface area contributed by atoms with Gasteiger partial charge in [0.1, 0.15) is 6.10 Å². The molecule has 9 nitrogen and oxygen atoms in total. The lowest BCUT2D eigenvalue weighted by atomic mass is 9.93. The number of thioether (sulfide) groups is 1. The number of halogens is 6. The fraction of sp³-hybridized carbons (Fsp3) is 0.524. The van der Waals surface area contributed by atoms with Gasteiger partial charge in [0.2, 0.25) is 5.88 Å². The number of carbonyl (C=O) groups is 2. The zero-order valence-corrected chi connectivity index (χ0v) is 20.4. The van der Waals surface area contributed by atoms with E-state index in [2.05, 4.69) is 32.8 Å². The third-order valence-electron chi connectivity index (χ3n) is 5.09. The van der Waals surface area contributed by atoms with Gasteiger partial charge in [-0.1, -0.05) is 6.07 Å². The summed E-state index contributed by atoms with van der Waals surface area (Å²) < 4.78 is 71.9. The second-order valence-electron chi connectivity index (χ2n) is 8.26. The van der Waals surface area contributed by atoms with Crippen molar-refractivity contribution < 1.29 is 50.9 Å². The first-order valence-electron chi connectivity index (χ1n) is 10.5. The number of rotatable bonds is 4. The molecule has 0 saturated carbocycles. The number of likely N-dealkylation sites (tertiary alicyclic amines) is 1. The van der Waals surface area contributed by atoms with Crippen LogP contribution in [0.2, 0.25) is 0 Å². The Kier molecular flexibility index (Phi) is 9.82. The number of carboxylic acid groups (broad SMARTS) is 2. The van der Waals surface area contributed by atoms with Crippen LogP contribution in [0.25, 0.3) is 0 Å². The standard InChI is InChI=1S/C17H22N4OS.2C2HF3O2/c1-13-7-14(20(2)19-13)9-21-11-17(12-21)8-15(10-23-17)22-16-5-3-4-6-18-16;2*3-2(4,5)1(6)7/h3-7,15H,8-12H2,1-2H3;2*(H,6,7). The van der Waals surface area contributed by atoms with Crippen molar-refractivity contribution >= 4 is 23.7 Å². The van der Waals surface area contributed by atoms with Crippen LogP contribution in [0.15, 0.2) is 30.5 Å². The predicted octanol–water partition coefficient (Wildman–Crippen LogP) is 3.53. The number of aromatic nitrogens is 3. The zero-order valence-electron chi connectivity index (χ0n) is 19.6. The number of hydrogen-bond acceptors (Lipinski definition) is 7. The van der Waals surface area contributed by atoms with Crippen molar-refractivity contribution in [2.75, 3.05) is 18.8 Å². The van der Waals surface area contributed by atoms with Crippen LogP contribution in [-0.4, -0.2) is 83.9 Å². The maximum absolute atomic E-state index is 10.6. The molecule has 2 aliphatic rings. The average Bonchev–Trinajstić information content (AvgIpc) is 3.30. The maximum atomic E-state index is 10.6. The summed E-state index contributed by atoms with van der Waals surface area (Å²) in [5.41, 5.74) is 2.39. The summed E-state index contributed by atoms with van der Waals surface area (Å²) in [4.78, 5) is 24.6. The Morgan fingerprint density at radius 2 is 1.70 bits per heavy atom. The van der Waals surface area contributed by atoms with E-state index in [0.29, 0.717) is 4.75 Å². The number of carboxylic acids is 2. The smallest absolute Gasteiger partial charge is 0.475 e. The zero-order chi connectivity index (χ0) is 28.0. The lowest BCUT2D eigenvalue weighted by Gasteiger charge is -2.47. The summed E-state index contributed by atoms with van der Waals surface area (Å²) >= 11 is 2.07. The Balaban J connectivity index is 0.000000286. The van der Waals surface area contributed by atoms with Crippen LogP contribution >= 0.6 is 11.8 Å². The van der Waals surface area contributed by atoms with Crippen molar-refractivity contribution in [1.29, 1.82) is 0 Å². The van der Waals surface area contributed by atoms with Crippen LogP contribution in [-0.2, 0) is 23.2 Å². The lowest BCUT2D eigenvalue weighted by Crippen LogP contribution is -2.58. The predicted molar refractivity (Wildman–Crippen MR) is 119 cm³/mol. The van der Waals surface area contributed by atoms with Crippen molar-refractivity contribution in [3.8, 4) is 5.88 Å². The minimum absolute atomic E-state index is 0.288. The van der Waals surface area contributed by atoms with E-state index in [0.717, 1.165) is 43.4 Å². The van der Waals surface area contributed by atoms with Crippen LogP contribution in [0.1, 0.15) is 17.8 Å². The Bertz CT molecular complexity index is 1030. The molecule has 2 aromatic rings. The van der Waals surface area contributed by atoms with E-state index in [4.69, 9.17) is 24.5 Å². The Morgan fingerprint density at radius 3 is 2.14 bits per heavy atom. The monoisotopic (exact) mass is 558 g/mol. The number of ether oxygens (including phenoxy) is 1. The van der Waals surface area contributed by atoms with E-state index in [1.807, 2.05) is 36.9 Å². The Labute approximate surface area is 211 Å². The maximum Gasteiger partial charge on any atom is 0.490 e. The first kappa shape index (κ1) is 30.2. The molecule has 4 heterocycles. The van der Waals surface area contributed by atoms with Crippen molar-refractivity contribution in [2.24, 2.45) is 7.05 Å². The molecule has 1 spiro atoms. The summed E-state index contributed by atoms with van der Waals surface area (Å²) in [7, 11) is 2.03. The van der Waals surface area contributed by atoms with Gasteiger partial charge in [-0.05, 0) is 19.1 Å². The van der Waals surface area contributed by atoms with Crippen molar-refractivity contribution in [2.45, 2.75) is 43.1 Å². The average molecular weight is 559 g/mol. The fourth-order valence-corrected chi connectivity index (χ4v) is 5.18. The molecule has 206 valence electrons. The molecule has 0 aromatic carbocycles. The van der Waals surface area contributed by atoms with Gasteiger partial charge in [-0.3, -0.25) is 9.58 Å². The van der Waals surface area contributed by atoms with Crippen LogP contribution in [0, 0.1) is 6.92 Å². The molecule has 2 saturated heterocycles. The minimum Gasteiger partial charge on any atom is -0.475 e. The fourth-order valence-electron chi connectivity index (χ4n) is 3.61. The Morgan fingerprint density at radius 1 is 1.14 bits per heavy atom. The van der Waals surface area contributed by atoms with Crippen LogP contribution in [0.3, 0.4) is 0 Å². The van der Waals surface area contributed by atoms with Crippen LogP contribution in [0.5, 0.6) is 5.88 Å². The molecule has 0 radical (unpaired) electrons. The largest absolute Gasteiger partial charge is 0.490 e. The summed E-state index contributed by atoms with van der Waals surface area (Å²) in [5, 5.41) is 18.7. The molecule has 2 fully saturated rings. The molecule has 1 unspecified atom stereocenters. The van der Waals surface area contributed by atoms with Gasteiger partial charge >= 0.3 is 24.3 Å². The van der Waals surface area contributed by atoms with E-state index >= 15 is 0 Å². The van der Waals surface area contributed by atoms with Gasteiger partial charge < -0.3 is 14.9 Å². The lowest BCUT2D eigenvalue weighted by molar-refractivity contribution is -0.193. The molecular weight excluding hydrogens is 534 g/mol. The molecule has 2 aliphatic heterocycles. The topological polar surface area (TPSA) is 118 Å². The van der Waals surface area contributed by atoms with E-state index < -0.39 is 24.3 Å². The number of aryl methyl sites for hydroxylation is 2. The molecule has 0 aliphatic carbocycles. The van der Waals surface area contributed by atoms with E-state index in [1.54, 1.807) is 6.20 Å². The first-order valence-corrected chi connectivity index (χ1v) is 11.5. The summed E-state index contributed by atoms with van der Waals surface area (Å²) in [6.07, 6.45) is -6.97. The van der Waals surface area contributed by atoms with Crippen LogP contribution in [0.4, 0.5) is 26.3 Å². The van der Waals surface area contributed by atoms with Crippen molar-refractivity contribution in [3.63, 3.8) is 0 Å². The molecule has 4 rings (SSSR count). The van der Waals surface area contributed by atoms with Gasteiger partial charge in [0.25, 0.3) is 0 Å². The van der Waals surface area contributed by atoms with E-state index in [9.17, 15) is 26.3 Å². The third kappa shape index (κ3) is 9.42. The SMILES string of the molecule is Cc1cc(CN2CC3(CC(Oc4ccccn4)CS3)C2)n(C)n1.O=C(O)C(F)(F)F.O=C(O)C(F)(F)F. The third-order valence-corrected chi connectivity index (χ3v) is 6.67. The minimum atomic E-state index is -5.08. The molecule has 16 heteroatoms. The second-order valence-corrected chi connectivity index (χ2v) is 9.75. The van der Waals surface area contributed by atoms with E-state index in [-0.39, 0.29) is 6.10 Å². The number of nitrogens with zero attached hydrogens (tertiary/aromatic N) is 4. The van der Waals surface area contributed by atoms with Gasteiger partial charge in [-0.15, -0.1) is 11.8 Å². The number of alkyl halides is 6. The van der Waals surface area contributed by atoms with Gasteiger partial charge in [0.15, 0.2) is 0 Å². The summed E-state index contributed by atoms with van der Waals surface area (Å²) in [5.74, 6) is -3.70. The highest BCUT2D eigenvalue weighted by atomic mass is 32.2. The van der Waals surface area contributed by atoms with Gasteiger partial charge in [-0.25, -0.2) is 14.6 Å². The number of hydrogen-bond donors (Lipinski definition) is 2. The first-order chi connectivity index (χ1) is 17.0.